The van der Waals surface area contributed by atoms with Crippen LogP contribution in [0.4, 0.5) is 5.69 Å². The van der Waals surface area contributed by atoms with Gasteiger partial charge in [0.25, 0.3) is 0 Å². The van der Waals surface area contributed by atoms with E-state index in [-0.39, 0.29) is 17.5 Å². The fraction of sp³-hybridized carbons (Fsp3) is 0.591. The molecule has 6 heteroatoms. The highest BCUT2D eigenvalue weighted by Crippen LogP contribution is 2.38. The number of likely N-dealkylation sites (tertiary alicyclic amines) is 1. The van der Waals surface area contributed by atoms with Crippen LogP contribution in [-0.2, 0) is 4.74 Å². The Kier molecular flexibility index (Phi) is 4.88. The van der Waals surface area contributed by atoms with Gasteiger partial charge >= 0.3 is 0 Å². The highest BCUT2D eigenvalue weighted by atomic mass is 16.5. The van der Waals surface area contributed by atoms with Gasteiger partial charge in [-0.05, 0) is 58.7 Å². The molecule has 152 valence electrons. The van der Waals surface area contributed by atoms with Gasteiger partial charge < -0.3 is 25.0 Å². The number of aromatic nitrogens is 1. The standard InChI is InChI=1S/C22H32N4O2/c1-14(2)25-9-7-22(8-10-25)13-24-18(12-28-22)20-17-11-16(23)5-6-19(17)26(15(3)4)21(20)27/h5-6,11,14-15,27H,7-10,12-13,23H2,1-4H3. The quantitative estimate of drug-likeness (QED) is 0.793. The van der Waals surface area contributed by atoms with E-state index in [0.29, 0.717) is 24.9 Å². The molecule has 0 saturated carbocycles. The summed E-state index contributed by atoms with van der Waals surface area (Å²) < 4.78 is 8.34. The van der Waals surface area contributed by atoms with Gasteiger partial charge in [-0.2, -0.15) is 0 Å². The first-order valence-corrected chi connectivity index (χ1v) is 10.4. The van der Waals surface area contributed by atoms with Crippen LogP contribution in [0.15, 0.2) is 23.2 Å². The second kappa shape index (κ2) is 7.08. The van der Waals surface area contributed by atoms with E-state index < -0.39 is 0 Å². The number of nitrogen functional groups attached to an aromatic ring is 1. The minimum Gasteiger partial charge on any atom is -0.494 e. The minimum atomic E-state index is -0.153. The topological polar surface area (TPSA) is 76.0 Å². The van der Waals surface area contributed by atoms with Crippen molar-refractivity contribution in [1.29, 1.82) is 0 Å². The molecule has 0 bridgehead atoms. The molecule has 2 aliphatic heterocycles. The normalized spacial score (nSPS) is 20.4. The van der Waals surface area contributed by atoms with E-state index >= 15 is 0 Å². The predicted octanol–water partition coefficient (Wildman–Crippen LogP) is 3.57. The number of benzene rings is 1. The molecule has 2 aromatic rings. The molecule has 0 atom stereocenters. The first-order valence-electron chi connectivity index (χ1n) is 10.4. The highest BCUT2D eigenvalue weighted by molar-refractivity contribution is 6.14. The number of nitrogens with two attached hydrogens (primary N) is 1. The fourth-order valence-corrected chi connectivity index (χ4v) is 4.58. The summed E-state index contributed by atoms with van der Waals surface area (Å²) in [5.41, 5.74) is 9.14. The molecule has 6 nitrogen and oxygen atoms in total. The molecule has 4 rings (SSSR count). The van der Waals surface area contributed by atoms with Crippen LogP contribution in [0.25, 0.3) is 10.9 Å². The van der Waals surface area contributed by atoms with Gasteiger partial charge in [0.15, 0.2) is 0 Å². The molecule has 1 spiro atoms. The number of anilines is 1. The first-order chi connectivity index (χ1) is 13.3. The smallest absolute Gasteiger partial charge is 0.201 e. The molecule has 1 fully saturated rings. The van der Waals surface area contributed by atoms with Crippen molar-refractivity contribution < 1.29 is 9.84 Å². The van der Waals surface area contributed by atoms with Crippen LogP contribution in [0.5, 0.6) is 5.88 Å². The Morgan fingerprint density at radius 3 is 2.43 bits per heavy atom. The SMILES string of the molecule is CC(C)N1CCC2(CC1)CN=C(c1c(O)n(C(C)C)c3ccc(N)cc13)CO2. The maximum atomic E-state index is 11.0. The van der Waals surface area contributed by atoms with Crippen LogP contribution < -0.4 is 5.73 Å². The van der Waals surface area contributed by atoms with E-state index in [4.69, 9.17) is 15.5 Å². The molecule has 1 aromatic heterocycles. The Hall–Kier alpha value is -2.05. The van der Waals surface area contributed by atoms with E-state index in [0.717, 1.165) is 48.1 Å². The lowest BCUT2D eigenvalue weighted by Gasteiger charge is -2.44. The summed E-state index contributed by atoms with van der Waals surface area (Å²) in [6.07, 6.45) is 2.02. The van der Waals surface area contributed by atoms with Crippen LogP contribution in [0.1, 0.15) is 52.1 Å². The van der Waals surface area contributed by atoms with Crippen molar-refractivity contribution in [2.45, 2.75) is 58.2 Å². The van der Waals surface area contributed by atoms with Crippen LogP contribution in [0.3, 0.4) is 0 Å². The number of ether oxygens (including phenoxy) is 1. The molecule has 0 radical (unpaired) electrons. The number of piperidine rings is 1. The number of aliphatic imine (C=N–C) groups is 1. The predicted molar refractivity (Wildman–Crippen MR) is 114 cm³/mol. The van der Waals surface area contributed by atoms with Gasteiger partial charge in [-0.25, -0.2) is 0 Å². The molecule has 0 unspecified atom stereocenters. The first kappa shape index (κ1) is 19.3. The molecule has 1 saturated heterocycles. The van der Waals surface area contributed by atoms with Crippen molar-refractivity contribution in [3.63, 3.8) is 0 Å². The Bertz CT molecular complexity index is 905. The molecule has 3 heterocycles. The van der Waals surface area contributed by atoms with Gasteiger partial charge in [0.05, 0.1) is 35.5 Å². The molecule has 2 aliphatic rings. The van der Waals surface area contributed by atoms with Crippen molar-refractivity contribution in [3.8, 4) is 5.88 Å². The molecule has 0 aliphatic carbocycles. The van der Waals surface area contributed by atoms with Crippen molar-refractivity contribution in [3.05, 3.63) is 23.8 Å². The van der Waals surface area contributed by atoms with Gasteiger partial charge in [-0.1, -0.05) is 0 Å². The highest BCUT2D eigenvalue weighted by Gasteiger charge is 2.39. The Balaban J connectivity index is 1.66. The second-order valence-corrected chi connectivity index (χ2v) is 8.80. The Labute approximate surface area is 167 Å². The van der Waals surface area contributed by atoms with Crippen molar-refractivity contribution in [2.24, 2.45) is 4.99 Å². The molecule has 3 N–H and O–H groups in total. The van der Waals surface area contributed by atoms with Crippen LogP contribution in [0.2, 0.25) is 0 Å². The Morgan fingerprint density at radius 2 is 1.86 bits per heavy atom. The third kappa shape index (κ3) is 3.18. The average molecular weight is 385 g/mol. The van der Waals surface area contributed by atoms with Gasteiger partial charge in [-0.15, -0.1) is 0 Å². The molecular formula is C22H32N4O2. The van der Waals surface area contributed by atoms with Crippen LogP contribution in [0, 0.1) is 0 Å². The molecular weight excluding hydrogens is 352 g/mol. The van der Waals surface area contributed by atoms with E-state index in [2.05, 4.69) is 32.6 Å². The van der Waals surface area contributed by atoms with Crippen LogP contribution >= 0.6 is 0 Å². The average Bonchev–Trinajstić information content (AvgIpc) is 2.94. The maximum absolute atomic E-state index is 11.0. The summed E-state index contributed by atoms with van der Waals surface area (Å²) in [7, 11) is 0. The molecule has 0 amide bonds. The second-order valence-electron chi connectivity index (χ2n) is 8.80. The van der Waals surface area contributed by atoms with Crippen molar-refractivity contribution in [1.82, 2.24) is 9.47 Å². The number of hydrogen-bond acceptors (Lipinski definition) is 5. The zero-order chi connectivity index (χ0) is 20.1. The number of aromatic hydroxyl groups is 1. The number of rotatable bonds is 3. The third-order valence-corrected chi connectivity index (χ3v) is 6.32. The van der Waals surface area contributed by atoms with Crippen LogP contribution in [-0.4, -0.2) is 58.2 Å². The van der Waals surface area contributed by atoms with Gasteiger partial charge in [-0.3, -0.25) is 4.99 Å². The fourth-order valence-electron chi connectivity index (χ4n) is 4.58. The lowest BCUT2D eigenvalue weighted by Crippen LogP contribution is -2.52. The molecule has 28 heavy (non-hydrogen) atoms. The summed E-state index contributed by atoms with van der Waals surface area (Å²) in [5.74, 6) is 0.253. The molecule has 1 aromatic carbocycles. The zero-order valence-electron chi connectivity index (χ0n) is 17.4. The van der Waals surface area contributed by atoms with Gasteiger partial charge in [0, 0.05) is 36.2 Å². The van der Waals surface area contributed by atoms with Crippen molar-refractivity contribution in [2.75, 3.05) is 32.0 Å². The summed E-state index contributed by atoms with van der Waals surface area (Å²) in [6.45, 7) is 11.8. The van der Waals surface area contributed by atoms with E-state index in [1.54, 1.807) is 0 Å². The summed E-state index contributed by atoms with van der Waals surface area (Å²) in [4.78, 5) is 7.42. The summed E-state index contributed by atoms with van der Waals surface area (Å²) >= 11 is 0. The number of hydrogen-bond donors (Lipinski definition) is 2. The lowest BCUT2D eigenvalue weighted by molar-refractivity contribution is -0.0713. The zero-order valence-corrected chi connectivity index (χ0v) is 17.4. The summed E-state index contributed by atoms with van der Waals surface area (Å²) in [6, 6.07) is 6.49. The minimum absolute atomic E-state index is 0.136. The maximum Gasteiger partial charge on any atom is 0.201 e. The van der Waals surface area contributed by atoms with E-state index in [1.807, 2.05) is 22.8 Å². The number of nitrogens with zero attached hydrogens (tertiary/aromatic N) is 3. The summed E-state index contributed by atoms with van der Waals surface area (Å²) in [5, 5.41) is 11.9. The van der Waals surface area contributed by atoms with E-state index in [9.17, 15) is 5.11 Å². The monoisotopic (exact) mass is 384 g/mol. The largest absolute Gasteiger partial charge is 0.494 e. The number of fused-ring (bicyclic) bond motifs is 1. The third-order valence-electron chi connectivity index (χ3n) is 6.32. The lowest BCUT2D eigenvalue weighted by atomic mass is 9.89. The van der Waals surface area contributed by atoms with Gasteiger partial charge in [0.2, 0.25) is 5.88 Å². The van der Waals surface area contributed by atoms with Crippen molar-refractivity contribution >= 4 is 22.3 Å². The Morgan fingerprint density at radius 1 is 1.14 bits per heavy atom. The van der Waals surface area contributed by atoms with E-state index in [1.165, 1.54) is 0 Å². The van der Waals surface area contributed by atoms with Gasteiger partial charge in [0.1, 0.15) is 0 Å².